The van der Waals surface area contributed by atoms with E-state index in [-0.39, 0.29) is 0 Å². The molecule has 1 aliphatic heterocycles. The Morgan fingerprint density at radius 1 is 1.17 bits per heavy atom. The van der Waals surface area contributed by atoms with Gasteiger partial charge in [-0.15, -0.1) is 0 Å². The number of piperidine rings is 1. The lowest BCUT2D eigenvalue weighted by Gasteiger charge is -2.38. The molecule has 0 aromatic heterocycles. The molecule has 6 nitrogen and oxygen atoms in total. The van der Waals surface area contributed by atoms with Gasteiger partial charge in [-0.25, -0.2) is 0 Å². The van der Waals surface area contributed by atoms with Crippen LogP contribution >= 0.6 is 0 Å². The maximum absolute atomic E-state index is 5.51. The summed E-state index contributed by atoms with van der Waals surface area (Å²) in [5.74, 6) is 0.946. The molecule has 0 spiro atoms. The number of likely N-dealkylation sites (tertiary alicyclic amines) is 1. The number of rotatable bonds is 12. The Balaban J connectivity index is 1.70. The highest BCUT2D eigenvalue weighted by Gasteiger charge is 2.25. The fourth-order valence-corrected chi connectivity index (χ4v) is 3.67. The lowest BCUT2D eigenvalue weighted by atomic mass is 9.97. The van der Waals surface area contributed by atoms with Gasteiger partial charge in [-0.3, -0.25) is 9.89 Å². The summed E-state index contributed by atoms with van der Waals surface area (Å²) >= 11 is 0. The minimum absolute atomic E-state index is 0.479. The number of guanidine groups is 1. The molecule has 1 heterocycles. The van der Waals surface area contributed by atoms with E-state index in [1.807, 2.05) is 0 Å². The van der Waals surface area contributed by atoms with Crippen molar-refractivity contribution in [1.29, 1.82) is 0 Å². The fourth-order valence-electron chi connectivity index (χ4n) is 3.67. The van der Waals surface area contributed by atoms with Crippen molar-refractivity contribution in [2.45, 2.75) is 58.2 Å². The highest BCUT2D eigenvalue weighted by molar-refractivity contribution is 5.80. The van der Waals surface area contributed by atoms with Gasteiger partial charge in [0.1, 0.15) is 0 Å². The molecule has 0 amide bonds. The van der Waals surface area contributed by atoms with Gasteiger partial charge < -0.3 is 20.1 Å². The highest BCUT2D eigenvalue weighted by Crippen LogP contribution is 2.19. The van der Waals surface area contributed by atoms with Crippen LogP contribution in [0.2, 0.25) is 0 Å². The smallest absolute Gasteiger partial charge is 0.191 e. The van der Waals surface area contributed by atoms with Crippen molar-refractivity contribution in [2.24, 2.45) is 4.99 Å². The summed E-state index contributed by atoms with van der Waals surface area (Å²) in [5, 5.41) is 7.05. The first-order valence-electron chi connectivity index (χ1n) is 11.1. The number of ether oxygens (including phenoxy) is 2. The van der Waals surface area contributed by atoms with Crippen LogP contribution in [0.15, 0.2) is 35.3 Å². The summed E-state index contributed by atoms with van der Waals surface area (Å²) in [7, 11) is 1.70. The van der Waals surface area contributed by atoms with E-state index in [1.165, 1.54) is 5.56 Å². The summed E-state index contributed by atoms with van der Waals surface area (Å²) in [4.78, 5) is 7.34. The van der Waals surface area contributed by atoms with Crippen molar-refractivity contribution in [1.82, 2.24) is 15.5 Å². The van der Waals surface area contributed by atoms with Gasteiger partial charge in [-0.05, 0) is 45.1 Å². The van der Waals surface area contributed by atoms with Crippen LogP contribution in [-0.2, 0) is 16.0 Å². The first kappa shape index (κ1) is 23.6. The standard InChI is InChI=1S/C23H40N4O2/c1-4-24-23(25-13-8-9-15-29-17-16-28-3)26-22-12-14-27(20(2)18-22)19-21-10-6-5-7-11-21/h5-7,10-11,20,22H,4,8-9,12-19H2,1-3H3,(H2,24,25,26). The SMILES string of the molecule is CCNC(=NCCCCOCCOC)NC1CCN(Cc2ccccc2)C(C)C1. The first-order valence-corrected chi connectivity index (χ1v) is 11.1. The average Bonchev–Trinajstić information content (AvgIpc) is 2.73. The van der Waals surface area contributed by atoms with E-state index < -0.39 is 0 Å². The van der Waals surface area contributed by atoms with Gasteiger partial charge in [0.15, 0.2) is 5.96 Å². The maximum Gasteiger partial charge on any atom is 0.191 e. The zero-order valence-electron chi connectivity index (χ0n) is 18.5. The summed E-state index contributed by atoms with van der Waals surface area (Å²) in [6, 6.07) is 11.8. The van der Waals surface area contributed by atoms with Crippen LogP contribution in [0.1, 0.15) is 45.1 Å². The molecule has 1 aliphatic rings. The number of aliphatic imine (C=N–C) groups is 1. The minimum Gasteiger partial charge on any atom is -0.382 e. The Labute approximate surface area is 177 Å². The lowest BCUT2D eigenvalue weighted by Crippen LogP contribution is -2.51. The Kier molecular flexibility index (Phi) is 11.7. The molecular weight excluding hydrogens is 364 g/mol. The number of unbranched alkanes of at least 4 members (excludes halogenated alkanes) is 1. The molecule has 164 valence electrons. The second-order valence-corrected chi connectivity index (χ2v) is 7.74. The molecule has 1 fully saturated rings. The quantitative estimate of drug-likeness (QED) is 0.319. The van der Waals surface area contributed by atoms with Crippen LogP contribution in [0.25, 0.3) is 0 Å². The summed E-state index contributed by atoms with van der Waals surface area (Å²) in [6.45, 7) is 10.4. The molecule has 0 saturated carbocycles. The zero-order chi connectivity index (χ0) is 20.7. The van der Waals surface area contributed by atoms with E-state index >= 15 is 0 Å². The van der Waals surface area contributed by atoms with E-state index in [4.69, 9.17) is 14.5 Å². The molecule has 6 heteroatoms. The van der Waals surface area contributed by atoms with Gasteiger partial charge in [0, 0.05) is 52.0 Å². The largest absolute Gasteiger partial charge is 0.382 e. The monoisotopic (exact) mass is 404 g/mol. The van der Waals surface area contributed by atoms with Crippen molar-refractivity contribution < 1.29 is 9.47 Å². The zero-order valence-corrected chi connectivity index (χ0v) is 18.5. The molecule has 2 rings (SSSR count). The molecule has 0 radical (unpaired) electrons. The first-order chi connectivity index (χ1) is 14.2. The van der Waals surface area contributed by atoms with Crippen molar-refractivity contribution >= 4 is 5.96 Å². The van der Waals surface area contributed by atoms with E-state index in [1.54, 1.807) is 7.11 Å². The Hall–Kier alpha value is -1.63. The van der Waals surface area contributed by atoms with Crippen molar-refractivity contribution in [3.05, 3.63) is 35.9 Å². The van der Waals surface area contributed by atoms with Gasteiger partial charge in [0.2, 0.25) is 0 Å². The molecular formula is C23H40N4O2. The van der Waals surface area contributed by atoms with E-state index in [0.29, 0.717) is 25.3 Å². The third kappa shape index (κ3) is 9.61. The minimum atomic E-state index is 0.479. The number of methoxy groups -OCH3 is 1. The number of nitrogens with zero attached hydrogens (tertiary/aromatic N) is 2. The third-order valence-electron chi connectivity index (χ3n) is 5.33. The van der Waals surface area contributed by atoms with Crippen LogP contribution < -0.4 is 10.6 Å². The Morgan fingerprint density at radius 2 is 2.00 bits per heavy atom. The van der Waals surface area contributed by atoms with Crippen LogP contribution in [0.3, 0.4) is 0 Å². The Morgan fingerprint density at radius 3 is 2.72 bits per heavy atom. The van der Waals surface area contributed by atoms with E-state index in [2.05, 4.69) is 59.7 Å². The summed E-state index contributed by atoms with van der Waals surface area (Å²) < 4.78 is 10.5. The maximum atomic E-state index is 5.51. The van der Waals surface area contributed by atoms with Crippen molar-refractivity contribution in [3.63, 3.8) is 0 Å². The predicted octanol–water partition coefficient (Wildman–Crippen LogP) is 3.04. The van der Waals surface area contributed by atoms with Crippen LogP contribution in [-0.4, -0.2) is 69.5 Å². The van der Waals surface area contributed by atoms with Gasteiger partial charge in [-0.1, -0.05) is 30.3 Å². The number of benzene rings is 1. The molecule has 2 atom stereocenters. The normalized spacial score (nSPS) is 20.6. The topological polar surface area (TPSA) is 58.1 Å². The molecule has 1 aromatic rings. The van der Waals surface area contributed by atoms with Crippen molar-refractivity contribution in [2.75, 3.05) is 46.6 Å². The van der Waals surface area contributed by atoms with Crippen LogP contribution in [0.4, 0.5) is 0 Å². The van der Waals surface area contributed by atoms with E-state index in [0.717, 1.165) is 64.4 Å². The summed E-state index contributed by atoms with van der Waals surface area (Å²) in [6.07, 6.45) is 4.36. The molecule has 0 aliphatic carbocycles. The van der Waals surface area contributed by atoms with Gasteiger partial charge in [-0.2, -0.15) is 0 Å². The second kappa shape index (κ2) is 14.4. The predicted molar refractivity (Wildman–Crippen MR) is 120 cm³/mol. The Bertz CT molecular complexity index is 567. The van der Waals surface area contributed by atoms with Gasteiger partial charge in [0.25, 0.3) is 0 Å². The van der Waals surface area contributed by atoms with Gasteiger partial charge in [0.05, 0.1) is 13.2 Å². The average molecular weight is 405 g/mol. The molecule has 0 bridgehead atoms. The molecule has 1 saturated heterocycles. The third-order valence-corrected chi connectivity index (χ3v) is 5.33. The van der Waals surface area contributed by atoms with E-state index in [9.17, 15) is 0 Å². The molecule has 29 heavy (non-hydrogen) atoms. The summed E-state index contributed by atoms with van der Waals surface area (Å²) in [5.41, 5.74) is 1.40. The number of nitrogens with one attached hydrogen (secondary N) is 2. The molecule has 2 N–H and O–H groups in total. The van der Waals surface area contributed by atoms with Crippen molar-refractivity contribution in [3.8, 4) is 0 Å². The van der Waals surface area contributed by atoms with Crippen LogP contribution in [0.5, 0.6) is 0 Å². The number of hydrogen-bond acceptors (Lipinski definition) is 4. The number of hydrogen-bond donors (Lipinski definition) is 2. The highest BCUT2D eigenvalue weighted by atomic mass is 16.5. The van der Waals surface area contributed by atoms with Crippen LogP contribution in [0, 0.1) is 0 Å². The lowest BCUT2D eigenvalue weighted by molar-refractivity contribution is 0.0690. The molecule has 2 unspecified atom stereocenters. The fraction of sp³-hybridized carbons (Fsp3) is 0.696. The molecule has 1 aromatic carbocycles. The van der Waals surface area contributed by atoms with Gasteiger partial charge >= 0.3 is 0 Å². The second-order valence-electron chi connectivity index (χ2n) is 7.74.